The smallest absolute Gasteiger partial charge is 0.338 e. The van der Waals surface area contributed by atoms with Gasteiger partial charge in [0.2, 0.25) is 0 Å². The molecule has 3 rings (SSSR count). The molecule has 0 amide bonds. The maximum absolute atomic E-state index is 13.3. The van der Waals surface area contributed by atoms with E-state index in [0.717, 1.165) is 60.9 Å². The number of hydrogen-bond acceptors (Lipinski definition) is 7. The first-order valence-electron chi connectivity index (χ1n) is 13.4. The minimum Gasteiger partial charge on any atom is -0.500 e. The van der Waals surface area contributed by atoms with E-state index in [1.807, 2.05) is 45.9 Å². The third-order valence-electron chi connectivity index (χ3n) is 7.79. The van der Waals surface area contributed by atoms with Gasteiger partial charge in [-0.3, -0.25) is 9.69 Å². The van der Waals surface area contributed by atoms with E-state index < -0.39 is 5.41 Å². The number of halogens is 1. The first-order chi connectivity index (χ1) is 18.0. The van der Waals surface area contributed by atoms with E-state index in [9.17, 15) is 9.59 Å². The van der Waals surface area contributed by atoms with Crippen LogP contribution in [0.15, 0.2) is 46.8 Å². The number of aryl methyl sites for hydroxylation is 2. The lowest BCUT2D eigenvalue weighted by Crippen LogP contribution is -2.38. The Morgan fingerprint density at radius 3 is 2.28 bits per heavy atom. The van der Waals surface area contributed by atoms with Crippen molar-refractivity contribution in [2.24, 2.45) is 11.3 Å². The molecule has 7 nitrogen and oxygen atoms in total. The van der Waals surface area contributed by atoms with Crippen LogP contribution < -0.4 is 4.74 Å². The number of ether oxygens (including phenoxy) is 4. The lowest BCUT2D eigenvalue weighted by atomic mass is 9.66. The van der Waals surface area contributed by atoms with E-state index in [4.69, 9.17) is 18.9 Å². The molecule has 216 valence electrons. The van der Waals surface area contributed by atoms with Crippen molar-refractivity contribution in [2.45, 2.75) is 48.5 Å². The Kier molecular flexibility index (Phi) is 11.8. The molecule has 8 heteroatoms. The molecular formula is C31H44ClNO6. The number of ketones is 1. The fraction of sp³-hybridized carbons (Fsp3) is 0.548. The van der Waals surface area contributed by atoms with Gasteiger partial charge < -0.3 is 18.9 Å². The van der Waals surface area contributed by atoms with Crippen LogP contribution in [-0.2, 0) is 19.0 Å². The van der Waals surface area contributed by atoms with Crippen molar-refractivity contribution in [2.75, 3.05) is 53.2 Å². The zero-order chi connectivity index (χ0) is 28.0. The molecule has 0 saturated carbocycles. The van der Waals surface area contributed by atoms with Crippen LogP contribution in [0.3, 0.4) is 0 Å². The van der Waals surface area contributed by atoms with Crippen molar-refractivity contribution in [3.8, 4) is 5.75 Å². The first kappa shape index (κ1) is 32.6. The van der Waals surface area contributed by atoms with Gasteiger partial charge in [0.05, 0.1) is 32.5 Å². The van der Waals surface area contributed by atoms with E-state index in [-0.39, 0.29) is 30.1 Å². The molecule has 39 heavy (non-hydrogen) atoms. The summed E-state index contributed by atoms with van der Waals surface area (Å²) in [5.74, 6) is 0.864. The average molecular weight is 562 g/mol. The summed E-state index contributed by atoms with van der Waals surface area (Å²) < 4.78 is 22.6. The van der Waals surface area contributed by atoms with Gasteiger partial charge >= 0.3 is 5.97 Å². The lowest BCUT2D eigenvalue weighted by molar-refractivity contribution is -0.138. The molecule has 1 aromatic rings. The van der Waals surface area contributed by atoms with Crippen LogP contribution in [0.25, 0.3) is 0 Å². The Morgan fingerprint density at radius 2 is 1.72 bits per heavy atom. The van der Waals surface area contributed by atoms with E-state index in [1.54, 1.807) is 20.1 Å². The number of methoxy groups -OCH3 is 1. The zero-order valence-corrected chi connectivity index (χ0v) is 25.5. The van der Waals surface area contributed by atoms with Crippen molar-refractivity contribution in [3.05, 3.63) is 63.5 Å². The number of hydrogen-bond donors (Lipinski definition) is 0. The third kappa shape index (κ3) is 7.33. The standard InChI is InChI=1S/C31H43NO6.ClH/c1-9-37-30(34)27-22(4)29(35-8)25(31(6,7)23(27)5)10-11-26(33)24-18-20(2)28(21(3)19-24)38-17-14-32-12-15-36-16-13-32;/h10-11,18-19,25H,9,12-17H2,1-8H3;1H. The number of esters is 1. The fourth-order valence-electron chi connectivity index (χ4n) is 5.34. The van der Waals surface area contributed by atoms with Crippen molar-refractivity contribution < 1.29 is 28.5 Å². The van der Waals surface area contributed by atoms with E-state index in [2.05, 4.69) is 18.7 Å². The van der Waals surface area contributed by atoms with Crippen LogP contribution in [0.1, 0.15) is 56.1 Å². The van der Waals surface area contributed by atoms with Gasteiger partial charge in [-0.1, -0.05) is 25.5 Å². The number of carbonyl (C=O) groups excluding carboxylic acids is 2. The molecule has 1 aromatic carbocycles. The molecule has 1 saturated heterocycles. The van der Waals surface area contributed by atoms with Gasteiger partial charge in [0, 0.05) is 36.7 Å². The second-order valence-corrected chi connectivity index (χ2v) is 10.6. The molecule has 1 aliphatic heterocycles. The maximum Gasteiger partial charge on any atom is 0.338 e. The monoisotopic (exact) mass is 561 g/mol. The highest BCUT2D eigenvalue weighted by atomic mass is 35.5. The Hall–Kier alpha value is -2.61. The Bertz CT molecular complexity index is 1120. The summed E-state index contributed by atoms with van der Waals surface area (Å²) in [5.41, 5.74) is 4.26. The number of carbonyl (C=O) groups is 2. The summed E-state index contributed by atoms with van der Waals surface area (Å²) in [6.45, 7) is 18.8. The Morgan fingerprint density at radius 1 is 1.10 bits per heavy atom. The normalized spacial score (nSPS) is 19.6. The molecule has 2 aliphatic rings. The number of allylic oxidation sites excluding steroid dienone is 3. The molecule has 1 atom stereocenters. The van der Waals surface area contributed by atoms with Crippen LogP contribution in [0.4, 0.5) is 0 Å². The van der Waals surface area contributed by atoms with E-state index in [0.29, 0.717) is 30.1 Å². The molecule has 0 aromatic heterocycles. The molecule has 1 unspecified atom stereocenters. The molecular weight excluding hydrogens is 518 g/mol. The topological polar surface area (TPSA) is 74.3 Å². The molecule has 1 heterocycles. The molecule has 1 aliphatic carbocycles. The number of benzene rings is 1. The van der Waals surface area contributed by atoms with Gasteiger partial charge in [0.25, 0.3) is 0 Å². The quantitative estimate of drug-likeness (QED) is 0.208. The van der Waals surface area contributed by atoms with Crippen molar-refractivity contribution in [1.82, 2.24) is 4.90 Å². The van der Waals surface area contributed by atoms with E-state index >= 15 is 0 Å². The number of nitrogens with zero attached hydrogens (tertiary/aromatic N) is 1. The molecule has 0 bridgehead atoms. The van der Waals surface area contributed by atoms with Crippen LogP contribution in [-0.4, -0.2) is 69.8 Å². The second kappa shape index (κ2) is 14.1. The minimum absolute atomic E-state index is 0. The summed E-state index contributed by atoms with van der Waals surface area (Å²) in [5, 5.41) is 0. The summed E-state index contributed by atoms with van der Waals surface area (Å²) >= 11 is 0. The second-order valence-electron chi connectivity index (χ2n) is 10.6. The van der Waals surface area contributed by atoms with Gasteiger partial charge in [0.1, 0.15) is 18.1 Å². The van der Waals surface area contributed by atoms with Crippen molar-refractivity contribution in [1.29, 1.82) is 0 Å². The largest absolute Gasteiger partial charge is 0.500 e. The average Bonchev–Trinajstić information content (AvgIpc) is 2.87. The van der Waals surface area contributed by atoms with Gasteiger partial charge in [0.15, 0.2) is 5.78 Å². The first-order valence-corrected chi connectivity index (χ1v) is 13.4. The Balaban J connectivity index is 0.00000533. The highest BCUT2D eigenvalue weighted by Crippen LogP contribution is 2.48. The van der Waals surface area contributed by atoms with Crippen LogP contribution >= 0.6 is 12.4 Å². The highest BCUT2D eigenvalue weighted by Gasteiger charge is 2.42. The molecule has 0 radical (unpaired) electrons. The van der Waals surface area contributed by atoms with Gasteiger partial charge in [-0.05, 0) is 69.4 Å². The van der Waals surface area contributed by atoms with Crippen molar-refractivity contribution >= 4 is 24.2 Å². The highest BCUT2D eigenvalue weighted by molar-refractivity contribution is 6.05. The van der Waals surface area contributed by atoms with Gasteiger partial charge in [-0.25, -0.2) is 4.79 Å². The van der Waals surface area contributed by atoms with Crippen LogP contribution in [0.2, 0.25) is 0 Å². The lowest BCUT2D eigenvalue weighted by Gasteiger charge is -2.40. The summed E-state index contributed by atoms with van der Waals surface area (Å²) in [4.78, 5) is 28.3. The zero-order valence-electron chi connectivity index (χ0n) is 24.6. The van der Waals surface area contributed by atoms with Crippen LogP contribution in [0, 0.1) is 25.2 Å². The Labute approximate surface area is 239 Å². The summed E-state index contributed by atoms with van der Waals surface area (Å²) in [6.07, 6.45) is 3.52. The summed E-state index contributed by atoms with van der Waals surface area (Å²) in [7, 11) is 1.60. The van der Waals surface area contributed by atoms with Gasteiger partial charge in [-0.2, -0.15) is 0 Å². The maximum atomic E-state index is 13.3. The number of rotatable bonds is 10. The molecule has 0 N–H and O–H groups in total. The van der Waals surface area contributed by atoms with Crippen LogP contribution in [0.5, 0.6) is 5.75 Å². The third-order valence-corrected chi connectivity index (χ3v) is 7.79. The van der Waals surface area contributed by atoms with Gasteiger partial charge in [-0.15, -0.1) is 12.4 Å². The molecule has 1 fully saturated rings. The minimum atomic E-state index is -0.451. The van der Waals surface area contributed by atoms with Crippen molar-refractivity contribution in [3.63, 3.8) is 0 Å². The summed E-state index contributed by atoms with van der Waals surface area (Å²) in [6, 6.07) is 3.77. The van der Waals surface area contributed by atoms with E-state index in [1.165, 1.54) is 0 Å². The fourth-order valence-corrected chi connectivity index (χ4v) is 5.34. The number of morpholine rings is 1. The predicted octanol–water partition coefficient (Wildman–Crippen LogP) is 5.63. The SMILES string of the molecule is CCOC(=O)C1=C(C)C(C)(C)C(C=CC(=O)c2cc(C)c(OCCN3CCOCC3)c(C)c2)C(OC)=C1C.Cl. The predicted molar refractivity (Wildman–Crippen MR) is 156 cm³/mol. The molecule has 0 spiro atoms.